The Balaban J connectivity index is 2.43. The molecule has 12 heavy (non-hydrogen) atoms. The van der Waals surface area contributed by atoms with Crippen LogP contribution in [0.25, 0.3) is 0 Å². The highest BCUT2D eigenvalue weighted by Crippen LogP contribution is 2.35. The molecule has 0 aromatic heterocycles. The predicted molar refractivity (Wildman–Crippen MR) is 55.1 cm³/mol. The second-order valence-corrected chi connectivity index (χ2v) is 4.14. The van der Waals surface area contributed by atoms with Crippen LogP contribution in [-0.2, 0) is 0 Å². The minimum Gasteiger partial charge on any atom is -0.0880 e. The van der Waals surface area contributed by atoms with Crippen LogP contribution in [0.2, 0.25) is 0 Å². The van der Waals surface area contributed by atoms with E-state index in [0.29, 0.717) is 0 Å². The van der Waals surface area contributed by atoms with Gasteiger partial charge in [0.1, 0.15) is 0 Å². The van der Waals surface area contributed by atoms with Crippen molar-refractivity contribution < 1.29 is 0 Å². The highest BCUT2D eigenvalue weighted by molar-refractivity contribution is 5.00. The van der Waals surface area contributed by atoms with Crippen LogP contribution in [0.4, 0.5) is 0 Å². The molecule has 0 saturated heterocycles. The Morgan fingerprint density at radius 1 is 1.42 bits per heavy atom. The van der Waals surface area contributed by atoms with E-state index in [4.69, 9.17) is 0 Å². The quantitative estimate of drug-likeness (QED) is 0.553. The fourth-order valence-electron chi connectivity index (χ4n) is 2.52. The zero-order valence-electron chi connectivity index (χ0n) is 8.72. The summed E-state index contributed by atoms with van der Waals surface area (Å²) in [4.78, 5) is 0. The highest BCUT2D eigenvalue weighted by Gasteiger charge is 2.25. The topological polar surface area (TPSA) is 0 Å². The fraction of sp³-hybridized carbons (Fsp3) is 0.833. The van der Waals surface area contributed by atoms with Gasteiger partial charge in [-0.1, -0.05) is 52.2 Å². The van der Waals surface area contributed by atoms with Gasteiger partial charge in [0.25, 0.3) is 0 Å². The first-order valence-corrected chi connectivity index (χ1v) is 5.46. The van der Waals surface area contributed by atoms with Crippen molar-refractivity contribution >= 4 is 0 Å². The SMILES string of the molecule is CCCC(CC)C1CC=CC1C. The number of allylic oxidation sites excluding steroid dienone is 2. The van der Waals surface area contributed by atoms with Crippen LogP contribution >= 0.6 is 0 Å². The van der Waals surface area contributed by atoms with Crippen LogP contribution in [0.3, 0.4) is 0 Å². The van der Waals surface area contributed by atoms with Crippen molar-refractivity contribution in [2.24, 2.45) is 17.8 Å². The zero-order valence-corrected chi connectivity index (χ0v) is 8.72. The molecule has 3 atom stereocenters. The second-order valence-electron chi connectivity index (χ2n) is 4.14. The lowest BCUT2D eigenvalue weighted by Gasteiger charge is -2.25. The third-order valence-corrected chi connectivity index (χ3v) is 3.31. The average molecular weight is 166 g/mol. The van der Waals surface area contributed by atoms with Crippen molar-refractivity contribution in [1.29, 1.82) is 0 Å². The molecule has 0 bridgehead atoms. The van der Waals surface area contributed by atoms with Crippen LogP contribution in [0.5, 0.6) is 0 Å². The molecule has 3 unspecified atom stereocenters. The maximum atomic E-state index is 2.39. The first-order valence-electron chi connectivity index (χ1n) is 5.46. The Kier molecular flexibility index (Phi) is 3.84. The summed E-state index contributed by atoms with van der Waals surface area (Å²) >= 11 is 0. The molecule has 1 aliphatic rings. The summed E-state index contributed by atoms with van der Waals surface area (Å²) in [6.45, 7) is 7.01. The van der Waals surface area contributed by atoms with Crippen LogP contribution in [-0.4, -0.2) is 0 Å². The van der Waals surface area contributed by atoms with E-state index in [1.54, 1.807) is 0 Å². The molecule has 0 fully saturated rings. The lowest BCUT2D eigenvalue weighted by atomic mass is 9.80. The summed E-state index contributed by atoms with van der Waals surface area (Å²) in [7, 11) is 0. The van der Waals surface area contributed by atoms with Gasteiger partial charge in [-0.25, -0.2) is 0 Å². The van der Waals surface area contributed by atoms with Crippen LogP contribution in [0.1, 0.15) is 46.5 Å². The van der Waals surface area contributed by atoms with Crippen molar-refractivity contribution in [3.63, 3.8) is 0 Å². The molecule has 1 aliphatic carbocycles. The van der Waals surface area contributed by atoms with Crippen molar-refractivity contribution in [2.45, 2.75) is 46.5 Å². The Morgan fingerprint density at radius 3 is 2.58 bits per heavy atom. The van der Waals surface area contributed by atoms with Crippen molar-refractivity contribution in [3.05, 3.63) is 12.2 Å². The van der Waals surface area contributed by atoms with E-state index in [2.05, 4.69) is 32.9 Å². The summed E-state index contributed by atoms with van der Waals surface area (Å²) in [6, 6.07) is 0. The standard InChI is InChI=1S/C12H22/c1-4-7-11(5-2)12-9-6-8-10(12)3/h6,8,10-12H,4-5,7,9H2,1-3H3. The third kappa shape index (κ3) is 2.12. The van der Waals surface area contributed by atoms with E-state index < -0.39 is 0 Å². The summed E-state index contributed by atoms with van der Waals surface area (Å²) in [5.41, 5.74) is 0. The molecule has 0 heteroatoms. The predicted octanol–water partition coefficient (Wildman–Crippen LogP) is 4.02. The fourth-order valence-corrected chi connectivity index (χ4v) is 2.52. The van der Waals surface area contributed by atoms with Gasteiger partial charge >= 0.3 is 0 Å². The van der Waals surface area contributed by atoms with Gasteiger partial charge in [0.15, 0.2) is 0 Å². The minimum absolute atomic E-state index is 0.835. The summed E-state index contributed by atoms with van der Waals surface area (Å²) in [5, 5.41) is 0. The van der Waals surface area contributed by atoms with Gasteiger partial charge in [-0.2, -0.15) is 0 Å². The summed E-state index contributed by atoms with van der Waals surface area (Å²) in [5.74, 6) is 2.76. The molecule has 0 aromatic rings. The number of rotatable bonds is 4. The van der Waals surface area contributed by atoms with Crippen LogP contribution in [0, 0.1) is 17.8 Å². The van der Waals surface area contributed by atoms with Crippen molar-refractivity contribution in [1.82, 2.24) is 0 Å². The normalized spacial score (nSPS) is 30.9. The Morgan fingerprint density at radius 2 is 2.17 bits per heavy atom. The molecule has 0 radical (unpaired) electrons. The molecule has 0 saturated carbocycles. The zero-order chi connectivity index (χ0) is 8.97. The molecule has 0 spiro atoms. The number of hydrogen-bond acceptors (Lipinski definition) is 0. The van der Waals surface area contributed by atoms with Gasteiger partial charge in [0, 0.05) is 0 Å². The lowest BCUT2D eigenvalue weighted by Crippen LogP contribution is -2.16. The van der Waals surface area contributed by atoms with E-state index in [0.717, 1.165) is 17.8 Å². The lowest BCUT2D eigenvalue weighted by molar-refractivity contribution is 0.265. The Labute approximate surface area is 77.1 Å². The van der Waals surface area contributed by atoms with Gasteiger partial charge in [-0.3, -0.25) is 0 Å². The monoisotopic (exact) mass is 166 g/mol. The van der Waals surface area contributed by atoms with Gasteiger partial charge in [0.2, 0.25) is 0 Å². The van der Waals surface area contributed by atoms with Crippen LogP contribution in [0.15, 0.2) is 12.2 Å². The molecule has 70 valence electrons. The van der Waals surface area contributed by atoms with Crippen LogP contribution < -0.4 is 0 Å². The van der Waals surface area contributed by atoms with E-state index in [1.165, 1.54) is 25.7 Å². The van der Waals surface area contributed by atoms with E-state index in [9.17, 15) is 0 Å². The van der Waals surface area contributed by atoms with E-state index in [-0.39, 0.29) is 0 Å². The molecule has 1 rings (SSSR count). The maximum Gasteiger partial charge on any atom is -0.0228 e. The number of hydrogen-bond donors (Lipinski definition) is 0. The Bertz CT molecular complexity index is 146. The molecular weight excluding hydrogens is 144 g/mol. The van der Waals surface area contributed by atoms with Crippen molar-refractivity contribution in [3.8, 4) is 0 Å². The largest absolute Gasteiger partial charge is 0.0880 e. The first kappa shape index (κ1) is 9.83. The smallest absolute Gasteiger partial charge is 0.0228 e. The van der Waals surface area contributed by atoms with Gasteiger partial charge in [-0.15, -0.1) is 0 Å². The van der Waals surface area contributed by atoms with E-state index >= 15 is 0 Å². The molecule has 0 heterocycles. The second kappa shape index (κ2) is 4.69. The highest BCUT2D eigenvalue weighted by atomic mass is 14.3. The maximum absolute atomic E-state index is 2.39. The molecule has 0 N–H and O–H groups in total. The third-order valence-electron chi connectivity index (χ3n) is 3.31. The minimum atomic E-state index is 0.835. The van der Waals surface area contributed by atoms with Crippen molar-refractivity contribution in [2.75, 3.05) is 0 Å². The molecule has 0 aliphatic heterocycles. The summed E-state index contributed by atoms with van der Waals surface area (Å²) in [6.07, 6.45) is 10.2. The van der Waals surface area contributed by atoms with Gasteiger partial charge < -0.3 is 0 Å². The Hall–Kier alpha value is -0.260. The molecule has 0 aromatic carbocycles. The van der Waals surface area contributed by atoms with E-state index in [1.807, 2.05) is 0 Å². The van der Waals surface area contributed by atoms with Gasteiger partial charge in [-0.05, 0) is 24.2 Å². The molecule has 0 amide bonds. The first-order chi connectivity index (χ1) is 5.79. The van der Waals surface area contributed by atoms with Gasteiger partial charge in [0.05, 0.1) is 0 Å². The average Bonchev–Trinajstić information content (AvgIpc) is 2.47. The molecule has 0 nitrogen and oxygen atoms in total. The molecular formula is C12H22. The summed E-state index contributed by atoms with van der Waals surface area (Å²) < 4.78 is 0.